The van der Waals surface area contributed by atoms with Gasteiger partial charge in [0, 0.05) is 12.8 Å². The third-order valence-electron chi connectivity index (χ3n) is 12.2. The summed E-state index contributed by atoms with van der Waals surface area (Å²) in [6.45, 7) is 3.43. The van der Waals surface area contributed by atoms with Gasteiger partial charge < -0.3 is 39.4 Å². The summed E-state index contributed by atoms with van der Waals surface area (Å²) in [4.78, 5) is 25.4. The standard InChI is InChI=1S/C51H96O10/c1-3-5-7-9-11-13-15-17-18-19-20-21-22-23-24-25-26-28-29-31-33-35-37-39-46(53)58-42-44(43-59-51-50(57)49(56)48(55)45(41-52)61-51)60-47(54)40-38-36-34-32-30-27-16-14-12-10-8-6-4-2/h31,33,44-45,48-52,55-57H,3-30,32,34-43H2,1-2H3/b33-31+/t44-,45-,48+,49?,50?,51-/m0/s1. The zero-order chi connectivity index (χ0) is 44.4. The predicted octanol–water partition coefficient (Wildman–Crippen LogP) is 11.9. The van der Waals surface area contributed by atoms with Crippen LogP contribution in [0.15, 0.2) is 12.2 Å². The molecule has 10 heteroatoms. The van der Waals surface area contributed by atoms with Crippen molar-refractivity contribution in [1.29, 1.82) is 0 Å². The molecular weight excluding hydrogens is 773 g/mol. The summed E-state index contributed by atoms with van der Waals surface area (Å²) in [7, 11) is 0. The van der Waals surface area contributed by atoms with Crippen molar-refractivity contribution in [1.82, 2.24) is 0 Å². The van der Waals surface area contributed by atoms with Gasteiger partial charge in [-0.25, -0.2) is 0 Å². The predicted molar refractivity (Wildman–Crippen MR) is 247 cm³/mol. The summed E-state index contributed by atoms with van der Waals surface area (Å²) in [6.07, 6.45) is 39.5. The molecule has 61 heavy (non-hydrogen) atoms. The largest absolute Gasteiger partial charge is 0.462 e. The van der Waals surface area contributed by atoms with Crippen LogP contribution < -0.4 is 0 Å². The van der Waals surface area contributed by atoms with Crippen LogP contribution in [0.3, 0.4) is 0 Å². The second-order valence-electron chi connectivity index (χ2n) is 18.0. The quantitative estimate of drug-likeness (QED) is 0.0264. The van der Waals surface area contributed by atoms with Gasteiger partial charge in [-0.1, -0.05) is 212 Å². The van der Waals surface area contributed by atoms with E-state index in [1.165, 1.54) is 173 Å². The molecule has 1 heterocycles. The highest BCUT2D eigenvalue weighted by molar-refractivity contribution is 5.70. The normalized spacial score (nSPS) is 19.7. The Kier molecular flexibility index (Phi) is 39.9. The van der Waals surface area contributed by atoms with Crippen molar-refractivity contribution < 1.29 is 49.0 Å². The second-order valence-corrected chi connectivity index (χ2v) is 18.0. The van der Waals surface area contributed by atoms with Crippen molar-refractivity contribution >= 4 is 11.9 Å². The Morgan fingerprint density at radius 3 is 1.33 bits per heavy atom. The summed E-state index contributed by atoms with van der Waals surface area (Å²) in [5.41, 5.74) is 0. The second kappa shape index (κ2) is 42.4. The fourth-order valence-corrected chi connectivity index (χ4v) is 8.08. The molecule has 0 spiro atoms. The molecule has 6 atom stereocenters. The average Bonchev–Trinajstić information content (AvgIpc) is 3.26. The molecule has 360 valence electrons. The first-order valence-corrected chi connectivity index (χ1v) is 25.8. The lowest BCUT2D eigenvalue weighted by molar-refractivity contribution is -0.305. The minimum Gasteiger partial charge on any atom is -0.462 e. The molecule has 0 aromatic carbocycles. The van der Waals surface area contributed by atoms with Gasteiger partial charge in [-0.15, -0.1) is 0 Å². The van der Waals surface area contributed by atoms with Gasteiger partial charge in [0.15, 0.2) is 12.4 Å². The minimum atomic E-state index is -1.59. The number of hydrogen-bond donors (Lipinski definition) is 4. The van der Waals surface area contributed by atoms with Gasteiger partial charge in [0.2, 0.25) is 0 Å². The third-order valence-corrected chi connectivity index (χ3v) is 12.2. The number of unbranched alkanes of at least 4 members (excludes halogenated alkanes) is 31. The Hall–Kier alpha value is -1.56. The number of aliphatic hydroxyl groups excluding tert-OH is 4. The van der Waals surface area contributed by atoms with Gasteiger partial charge in [-0.3, -0.25) is 9.59 Å². The van der Waals surface area contributed by atoms with E-state index >= 15 is 0 Å². The fourth-order valence-electron chi connectivity index (χ4n) is 8.08. The van der Waals surface area contributed by atoms with Gasteiger partial charge >= 0.3 is 11.9 Å². The summed E-state index contributed by atoms with van der Waals surface area (Å²) >= 11 is 0. The first kappa shape index (κ1) is 57.5. The van der Waals surface area contributed by atoms with Crippen LogP contribution >= 0.6 is 0 Å². The van der Waals surface area contributed by atoms with E-state index in [-0.39, 0.29) is 26.1 Å². The first-order chi connectivity index (χ1) is 29.8. The van der Waals surface area contributed by atoms with E-state index in [1.54, 1.807) is 0 Å². The minimum absolute atomic E-state index is 0.226. The Balaban J connectivity index is 2.22. The Morgan fingerprint density at radius 2 is 0.885 bits per heavy atom. The van der Waals surface area contributed by atoms with E-state index < -0.39 is 55.4 Å². The van der Waals surface area contributed by atoms with E-state index in [0.29, 0.717) is 12.8 Å². The van der Waals surface area contributed by atoms with Crippen LogP contribution in [0.5, 0.6) is 0 Å². The maximum absolute atomic E-state index is 12.8. The van der Waals surface area contributed by atoms with Crippen molar-refractivity contribution in [3.63, 3.8) is 0 Å². The molecule has 1 aliphatic heterocycles. The van der Waals surface area contributed by atoms with Crippen molar-refractivity contribution in [3.05, 3.63) is 12.2 Å². The highest BCUT2D eigenvalue weighted by atomic mass is 16.7. The highest BCUT2D eigenvalue weighted by Crippen LogP contribution is 2.23. The topological polar surface area (TPSA) is 152 Å². The molecule has 0 amide bonds. The molecule has 0 aromatic rings. The number of rotatable bonds is 44. The van der Waals surface area contributed by atoms with E-state index in [9.17, 15) is 30.0 Å². The van der Waals surface area contributed by atoms with Crippen LogP contribution in [0.25, 0.3) is 0 Å². The van der Waals surface area contributed by atoms with Gasteiger partial charge in [0.25, 0.3) is 0 Å². The monoisotopic (exact) mass is 869 g/mol. The van der Waals surface area contributed by atoms with Gasteiger partial charge in [-0.05, 0) is 32.1 Å². The van der Waals surface area contributed by atoms with E-state index in [4.69, 9.17) is 18.9 Å². The zero-order valence-corrected chi connectivity index (χ0v) is 39.4. The molecule has 1 fully saturated rings. The molecule has 1 aliphatic rings. The van der Waals surface area contributed by atoms with Crippen LogP contribution in [0.4, 0.5) is 0 Å². The number of aliphatic hydroxyl groups is 4. The van der Waals surface area contributed by atoms with Crippen molar-refractivity contribution in [2.24, 2.45) is 0 Å². The molecule has 0 aliphatic carbocycles. The number of esters is 2. The number of ether oxygens (including phenoxy) is 4. The third kappa shape index (κ3) is 33.6. The Bertz CT molecular complexity index is 1010. The van der Waals surface area contributed by atoms with Crippen LogP contribution in [-0.4, -0.2) is 89.0 Å². The fraction of sp³-hybridized carbons (Fsp3) is 0.922. The van der Waals surface area contributed by atoms with Crippen LogP contribution in [0, 0.1) is 0 Å². The lowest BCUT2D eigenvalue weighted by Gasteiger charge is -2.39. The van der Waals surface area contributed by atoms with Crippen LogP contribution in [-0.2, 0) is 28.5 Å². The molecule has 10 nitrogen and oxygen atoms in total. The van der Waals surface area contributed by atoms with Crippen molar-refractivity contribution in [2.45, 2.75) is 282 Å². The highest BCUT2D eigenvalue weighted by Gasteiger charge is 2.44. The van der Waals surface area contributed by atoms with Gasteiger partial charge in [0.1, 0.15) is 31.0 Å². The van der Waals surface area contributed by atoms with Gasteiger partial charge in [-0.2, -0.15) is 0 Å². The Morgan fingerprint density at radius 1 is 0.492 bits per heavy atom. The summed E-state index contributed by atoms with van der Waals surface area (Å²) < 4.78 is 22.2. The maximum Gasteiger partial charge on any atom is 0.306 e. The van der Waals surface area contributed by atoms with Crippen molar-refractivity contribution in [3.8, 4) is 0 Å². The molecule has 0 saturated carbocycles. The van der Waals surface area contributed by atoms with Crippen LogP contribution in [0.1, 0.15) is 245 Å². The molecule has 0 radical (unpaired) electrons. The van der Waals surface area contributed by atoms with Gasteiger partial charge in [0.05, 0.1) is 13.2 Å². The molecule has 1 saturated heterocycles. The summed E-state index contributed by atoms with van der Waals surface area (Å²) in [5.74, 6) is -0.830. The van der Waals surface area contributed by atoms with Crippen molar-refractivity contribution in [2.75, 3.05) is 19.8 Å². The van der Waals surface area contributed by atoms with E-state index in [1.807, 2.05) is 0 Å². The number of hydrogen-bond acceptors (Lipinski definition) is 10. The van der Waals surface area contributed by atoms with E-state index in [0.717, 1.165) is 32.1 Å². The lowest BCUT2D eigenvalue weighted by atomic mass is 9.99. The Labute approximate surface area is 373 Å². The number of allylic oxidation sites excluding steroid dienone is 2. The van der Waals surface area contributed by atoms with Crippen LogP contribution in [0.2, 0.25) is 0 Å². The summed E-state index contributed by atoms with van der Waals surface area (Å²) in [5, 5.41) is 40.1. The SMILES string of the molecule is CCCCCCCCCCCCCCCCCCCC/C=C/CCCC(=O)OC[C@@H](CO[C@H]1O[C@@H](CO)[C@@H](O)C(O)C1O)OC(=O)CCCCCCCCCCCCCCC. The maximum atomic E-state index is 12.8. The molecule has 4 N–H and O–H groups in total. The van der Waals surface area contributed by atoms with E-state index in [2.05, 4.69) is 26.0 Å². The summed E-state index contributed by atoms with van der Waals surface area (Å²) in [6, 6.07) is 0. The molecule has 0 aromatic heterocycles. The zero-order valence-electron chi connectivity index (χ0n) is 39.4. The molecule has 1 rings (SSSR count). The number of carbonyl (C=O) groups excluding carboxylic acids is 2. The average molecular weight is 869 g/mol. The molecule has 2 unspecified atom stereocenters. The lowest BCUT2D eigenvalue weighted by Crippen LogP contribution is -2.59. The molecular formula is C51H96O10. The number of carbonyl (C=O) groups is 2. The first-order valence-electron chi connectivity index (χ1n) is 25.8. The molecule has 0 bridgehead atoms. The smallest absolute Gasteiger partial charge is 0.306 e.